The van der Waals surface area contributed by atoms with E-state index in [0.29, 0.717) is 0 Å². The van der Waals surface area contributed by atoms with Crippen molar-refractivity contribution >= 4 is 15.7 Å². The van der Waals surface area contributed by atoms with Crippen molar-refractivity contribution < 1.29 is 13.3 Å². The van der Waals surface area contributed by atoms with E-state index in [0.717, 1.165) is 10.7 Å². The fraction of sp³-hybridized carbons (Fsp3) is 0.0909. The first kappa shape index (κ1) is 14.6. The van der Waals surface area contributed by atoms with Crippen LogP contribution in [0.4, 0.5) is 5.69 Å². The number of primary sulfonamides is 1. The maximum Gasteiger partial charge on any atom is 0.271 e. The van der Waals surface area contributed by atoms with Crippen molar-refractivity contribution in [1.82, 2.24) is 9.78 Å². The number of hydrogen-bond acceptors (Lipinski definition) is 6. The summed E-state index contributed by atoms with van der Waals surface area (Å²) in [5, 5.41) is 28.4. The molecule has 108 valence electrons. The van der Waals surface area contributed by atoms with Gasteiger partial charge in [0.2, 0.25) is 0 Å². The quantitative estimate of drug-likeness (QED) is 0.649. The zero-order valence-electron chi connectivity index (χ0n) is 10.7. The highest BCUT2D eigenvalue weighted by Crippen LogP contribution is 2.23. The monoisotopic (exact) mass is 307 g/mol. The number of aromatic nitrogens is 2. The highest BCUT2D eigenvalue weighted by atomic mass is 32.2. The zero-order chi connectivity index (χ0) is 15.8. The third-order valence-corrected chi connectivity index (χ3v) is 3.60. The maximum atomic E-state index is 11.7. The summed E-state index contributed by atoms with van der Waals surface area (Å²) in [5.74, 6) is 0. The molecule has 0 aliphatic heterocycles. The topological polar surface area (TPSA) is 145 Å². The second-order valence-electron chi connectivity index (χ2n) is 4.11. The van der Waals surface area contributed by atoms with Gasteiger partial charge in [-0.15, -0.1) is 0 Å². The van der Waals surface area contributed by atoms with E-state index in [9.17, 15) is 18.5 Å². The molecule has 2 N–H and O–H groups in total. The minimum Gasteiger partial charge on any atom is -0.258 e. The largest absolute Gasteiger partial charge is 0.271 e. The van der Waals surface area contributed by atoms with Gasteiger partial charge in [0.1, 0.15) is 11.6 Å². The van der Waals surface area contributed by atoms with E-state index in [2.05, 4.69) is 5.10 Å². The second kappa shape index (κ2) is 4.97. The summed E-state index contributed by atoms with van der Waals surface area (Å²) in [6.45, 7) is 1.45. The lowest BCUT2D eigenvalue weighted by molar-refractivity contribution is -0.384. The summed E-state index contributed by atoms with van der Waals surface area (Å²) in [5.41, 5.74) is -0.144. The number of nitriles is 1. The summed E-state index contributed by atoms with van der Waals surface area (Å²) < 4.78 is 24.3. The molecule has 0 unspecified atom stereocenters. The van der Waals surface area contributed by atoms with Crippen LogP contribution in [0.1, 0.15) is 11.3 Å². The number of nitro groups is 1. The smallest absolute Gasteiger partial charge is 0.258 e. The van der Waals surface area contributed by atoms with E-state index in [1.54, 1.807) is 6.07 Å². The molecule has 0 aliphatic carbocycles. The predicted octanol–water partition coefficient (Wildman–Crippen LogP) is 0.608. The van der Waals surface area contributed by atoms with Gasteiger partial charge in [0.25, 0.3) is 15.7 Å². The highest BCUT2D eigenvalue weighted by Gasteiger charge is 2.25. The van der Waals surface area contributed by atoms with Crippen molar-refractivity contribution in [1.29, 1.82) is 5.26 Å². The fourth-order valence-corrected chi connectivity index (χ4v) is 2.68. The van der Waals surface area contributed by atoms with Crippen LogP contribution in [0.15, 0.2) is 29.3 Å². The minimum absolute atomic E-state index is 0.123. The van der Waals surface area contributed by atoms with Crippen molar-refractivity contribution in [2.24, 2.45) is 5.14 Å². The van der Waals surface area contributed by atoms with Gasteiger partial charge in [-0.2, -0.15) is 10.4 Å². The Labute approximate surface area is 119 Å². The van der Waals surface area contributed by atoms with Crippen LogP contribution < -0.4 is 5.14 Å². The molecule has 21 heavy (non-hydrogen) atoms. The average Bonchev–Trinajstić information content (AvgIpc) is 2.75. The number of non-ortho nitro benzene ring substituents is 1. The average molecular weight is 307 g/mol. The molecule has 2 aromatic rings. The molecule has 0 radical (unpaired) electrons. The molecular weight excluding hydrogens is 298 g/mol. The molecule has 0 amide bonds. The Hall–Kier alpha value is -2.77. The molecule has 1 aromatic carbocycles. The second-order valence-corrected chi connectivity index (χ2v) is 5.59. The Morgan fingerprint density at radius 1 is 1.48 bits per heavy atom. The number of nitrogens with zero attached hydrogens (tertiary/aromatic N) is 4. The van der Waals surface area contributed by atoms with Crippen molar-refractivity contribution in [2.45, 2.75) is 11.9 Å². The predicted molar refractivity (Wildman–Crippen MR) is 71.0 cm³/mol. The molecule has 0 aliphatic rings. The summed E-state index contributed by atoms with van der Waals surface area (Å²) >= 11 is 0. The van der Waals surface area contributed by atoms with Gasteiger partial charge in [-0.1, -0.05) is 6.07 Å². The van der Waals surface area contributed by atoms with E-state index in [-0.39, 0.29) is 22.6 Å². The summed E-state index contributed by atoms with van der Waals surface area (Å²) in [4.78, 5) is 10.2. The Bertz CT molecular complexity index is 879. The molecular formula is C11H9N5O4S. The molecule has 0 spiro atoms. The van der Waals surface area contributed by atoms with E-state index in [4.69, 9.17) is 10.4 Å². The molecule has 1 aromatic heterocycles. The molecule has 0 fully saturated rings. The first-order valence-corrected chi connectivity index (χ1v) is 7.07. The highest BCUT2D eigenvalue weighted by molar-refractivity contribution is 7.89. The third kappa shape index (κ3) is 2.60. The van der Waals surface area contributed by atoms with Gasteiger partial charge >= 0.3 is 0 Å². The molecule has 10 heteroatoms. The Morgan fingerprint density at radius 2 is 2.14 bits per heavy atom. The van der Waals surface area contributed by atoms with Crippen molar-refractivity contribution in [3.8, 4) is 11.8 Å². The van der Waals surface area contributed by atoms with Crippen LogP contribution in [0.5, 0.6) is 0 Å². The molecule has 0 atom stereocenters. The number of sulfonamides is 1. The zero-order valence-corrected chi connectivity index (χ0v) is 11.5. The Kier molecular flexibility index (Phi) is 3.46. The minimum atomic E-state index is -4.23. The van der Waals surface area contributed by atoms with Gasteiger partial charge in [-0.05, 0) is 13.0 Å². The molecule has 1 heterocycles. The van der Waals surface area contributed by atoms with Crippen LogP contribution in [-0.4, -0.2) is 23.1 Å². The SMILES string of the molecule is Cc1nn(-c2cccc([N+](=O)[O-])c2)c(S(N)(=O)=O)c1C#N. The van der Waals surface area contributed by atoms with E-state index in [1.165, 1.54) is 25.1 Å². The van der Waals surface area contributed by atoms with Crippen LogP contribution >= 0.6 is 0 Å². The normalized spacial score (nSPS) is 11.1. The van der Waals surface area contributed by atoms with E-state index in [1.807, 2.05) is 0 Å². The maximum absolute atomic E-state index is 11.7. The third-order valence-electron chi connectivity index (χ3n) is 2.68. The molecule has 2 rings (SSSR count). The van der Waals surface area contributed by atoms with Crippen LogP contribution in [0.2, 0.25) is 0 Å². The first-order chi connectivity index (χ1) is 9.75. The van der Waals surface area contributed by atoms with Gasteiger partial charge < -0.3 is 0 Å². The lowest BCUT2D eigenvalue weighted by atomic mass is 10.3. The lowest BCUT2D eigenvalue weighted by Crippen LogP contribution is -2.18. The summed E-state index contributed by atoms with van der Waals surface area (Å²) in [6.07, 6.45) is 0. The number of nitro benzene ring substituents is 1. The Balaban J connectivity index is 2.80. The van der Waals surface area contributed by atoms with Crippen molar-refractivity contribution in [2.75, 3.05) is 0 Å². The van der Waals surface area contributed by atoms with Crippen LogP contribution in [0.25, 0.3) is 5.69 Å². The van der Waals surface area contributed by atoms with Crippen molar-refractivity contribution in [3.05, 3.63) is 45.6 Å². The summed E-state index contributed by atoms with van der Waals surface area (Å²) in [6, 6.07) is 6.92. The number of benzene rings is 1. The lowest BCUT2D eigenvalue weighted by Gasteiger charge is -2.05. The van der Waals surface area contributed by atoms with Gasteiger partial charge in [0, 0.05) is 12.1 Å². The molecule has 0 saturated heterocycles. The number of rotatable bonds is 3. The van der Waals surface area contributed by atoms with Crippen molar-refractivity contribution in [3.63, 3.8) is 0 Å². The molecule has 0 saturated carbocycles. The van der Waals surface area contributed by atoms with Crippen LogP contribution in [0.3, 0.4) is 0 Å². The van der Waals surface area contributed by atoms with Gasteiger partial charge in [-0.3, -0.25) is 10.1 Å². The van der Waals surface area contributed by atoms with E-state index < -0.39 is 20.0 Å². The Morgan fingerprint density at radius 3 is 2.67 bits per heavy atom. The van der Waals surface area contributed by atoms with Crippen LogP contribution in [0, 0.1) is 28.4 Å². The number of aryl methyl sites for hydroxylation is 1. The number of hydrogen-bond donors (Lipinski definition) is 1. The van der Waals surface area contributed by atoms with Gasteiger partial charge in [-0.25, -0.2) is 18.2 Å². The standard InChI is InChI=1S/C11H9N5O4S/c1-7-10(6-12)11(21(13,19)20)15(14-7)8-3-2-4-9(5-8)16(17)18/h2-5H,1H3,(H2,13,19,20). The molecule has 9 nitrogen and oxygen atoms in total. The molecule has 0 bridgehead atoms. The van der Waals surface area contributed by atoms with Gasteiger partial charge in [0.15, 0.2) is 5.03 Å². The number of nitrogens with two attached hydrogens (primary N) is 1. The first-order valence-electron chi connectivity index (χ1n) is 5.53. The van der Waals surface area contributed by atoms with Gasteiger partial charge in [0.05, 0.1) is 16.3 Å². The van der Waals surface area contributed by atoms with Crippen LogP contribution in [-0.2, 0) is 10.0 Å². The fourth-order valence-electron chi connectivity index (χ4n) is 1.81. The van der Waals surface area contributed by atoms with E-state index >= 15 is 0 Å². The summed E-state index contributed by atoms with van der Waals surface area (Å²) in [7, 11) is -4.23.